The van der Waals surface area contributed by atoms with Crippen LogP contribution in [0.4, 0.5) is 40.8 Å². The van der Waals surface area contributed by atoms with Gasteiger partial charge in [0.25, 0.3) is 24.1 Å². The number of hydrogen-bond acceptors (Lipinski definition) is 7. The van der Waals surface area contributed by atoms with Gasteiger partial charge in [0.05, 0.1) is 11.3 Å². The summed E-state index contributed by atoms with van der Waals surface area (Å²) in [5, 5.41) is 17.1. The van der Waals surface area contributed by atoms with Crippen molar-refractivity contribution < 1.29 is 49.4 Å². The van der Waals surface area contributed by atoms with E-state index in [9.17, 15) is 45.0 Å². The monoisotopic (exact) mass is 579 g/mol. The number of aliphatic hydroxyl groups is 1. The Morgan fingerprint density at radius 3 is 2.42 bits per heavy atom. The highest BCUT2D eigenvalue weighted by atomic mass is 19.4. The average Bonchev–Trinajstić information content (AvgIpc) is 3.36. The van der Waals surface area contributed by atoms with Gasteiger partial charge in [-0.1, -0.05) is 24.6 Å². The lowest BCUT2D eigenvalue weighted by Crippen LogP contribution is -2.42. The Hall–Kier alpha value is -3.82. The van der Waals surface area contributed by atoms with Gasteiger partial charge in [-0.3, -0.25) is 4.79 Å². The van der Waals surface area contributed by atoms with E-state index in [1.807, 2.05) is 0 Å². The Kier molecular flexibility index (Phi) is 7.75. The predicted octanol–water partition coefficient (Wildman–Crippen LogP) is 5.64. The summed E-state index contributed by atoms with van der Waals surface area (Å²) in [7, 11) is 0. The molecule has 1 aliphatic heterocycles. The largest absolute Gasteiger partial charge is 0.426 e. The minimum absolute atomic E-state index is 0.00716. The van der Waals surface area contributed by atoms with Crippen molar-refractivity contribution in [2.24, 2.45) is 0 Å². The first kappa shape index (κ1) is 29.2. The summed E-state index contributed by atoms with van der Waals surface area (Å²) >= 11 is 0. The van der Waals surface area contributed by atoms with Crippen LogP contribution in [-0.2, 0) is 18.3 Å². The zero-order chi connectivity index (χ0) is 29.5. The molecule has 40 heavy (non-hydrogen) atoms. The first-order valence-corrected chi connectivity index (χ1v) is 11.8. The van der Waals surface area contributed by atoms with Crippen molar-refractivity contribution >= 4 is 11.6 Å². The standard InChI is InChI=1S/C24H21F8N5O3/c25-18(26)13-6-4-5-12(9-13)11-37-8-3-1-2-7-22(39,24(30,31)32)21-36-35-19(40-21)17-15(33)10-14(23(27,28)29)16(34-17)20(37)38/h4-6,9-10,18,39H,1-3,7-8,11,33H2/t22-/m1/s1. The number of aromatic nitrogens is 3. The number of benzene rings is 1. The summed E-state index contributed by atoms with van der Waals surface area (Å²) in [5.74, 6) is -3.35. The minimum Gasteiger partial charge on any atom is -0.416 e. The topological polar surface area (TPSA) is 118 Å². The lowest BCUT2D eigenvalue weighted by molar-refractivity contribution is -0.277. The summed E-state index contributed by atoms with van der Waals surface area (Å²) in [6.07, 6.45) is -14.4. The number of carbonyl (C=O) groups is 1. The number of carbonyl (C=O) groups excluding carboxylic acids is 1. The molecule has 16 heteroatoms. The molecule has 1 atom stereocenters. The molecule has 1 amide bonds. The molecule has 3 heterocycles. The van der Waals surface area contributed by atoms with Crippen molar-refractivity contribution in [3.8, 4) is 11.6 Å². The van der Waals surface area contributed by atoms with E-state index in [1.54, 1.807) is 0 Å². The van der Waals surface area contributed by atoms with Gasteiger partial charge in [-0.05, 0) is 37.0 Å². The molecule has 0 saturated heterocycles. The minimum atomic E-state index is -5.25. The number of hydrogen-bond donors (Lipinski definition) is 2. The quantitative estimate of drug-likeness (QED) is 0.386. The summed E-state index contributed by atoms with van der Waals surface area (Å²) < 4.78 is 115. The molecule has 1 aliphatic rings. The number of halogens is 8. The fourth-order valence-electron chi connectivity index (χ4n) is 4.25. The van der Waals surface area contributed by atoms with E-state index in [4.69, 9.17) is 10.2 Å². The summed E-state index contributed by atoms with van der Waals surface area (Å²) in [5.41, 5.74) is -2.23. The van der Waals surface area contributed by atoms with Gasteiger partial charge < -0.3 is 20.2 Å². The number of amides is 1. The molecule has 8 nitrogen and oxygen atoms in total. The summed E-state index contributed by atoms with van der Waals surface area (Å²) in [6.45, 7) is -0.672. The fraction of sp³-hybridized carbons (Fsp3) is 0.417. The van der Waals surface area contributed by atoms with Gasteiger partial charge in [0, 0.05) is 18.7 Å². The first-order valence-electron chi connectivity index (χ1n) is 11.8. The van der Waals surface area contributed by atoms with Crippen LogP contribution >= 0.6 is 0 Å². The number of pyridine rings is 1. The highest BCUT2D eigenvalue weighted by molar-refractivity contribution is 5.95. The van der Waals surface area contributed by atoms with Crippen LogP contribution in [0, 0.1) is 0 Å². The van der Waals surface area contributed by atoms with E-state index in [-0.39, 0.29) is 36.9 Å². The van der Waals surface area contributed by atoms with Gasteiger partial charge in [-0.15, -0.1) is 10.2 Å². The van der Waals surface area contributed by atoms with Gasteiger partial charge in [0.15, 0.2) is 5.69 Å². The van der Waals surface area contributed by atoms with Crippen LogP contribution in [0.1, 0.15) is 65.2 Å². The Balaban J connectivity index is 1.86. The zero-order valence-corrected chi connectivity index (χ0v) is 20.4. The highest BCUT2D eigenvalue weighted by Crippen LogP contribution is 2.43. The van der Waals surface area contributed by atoms with E-state index in [0.29, 0.717) is 6.07 Å². The fourth-order valence-corrected chi connectivity index (χ4v) is 4.25. The zero-order valence-electron chi connectivity index (χ0n) is 20.4. The molecule has 216 valence electrons. The lowest BCUT2D eigenvalue weighted by atomic mass is 9.95. The molecular formula is C24H21F8N5O3. The third kappa shape index (κ3) is 5.71. The van der Waals surface area contributed by atoms with Crippen LogP contribution in [-0.4, -0.2) is 43.8 Å². The van der Waals surface area contributed by atoms with Crippen molar-refractivity contribution in [2.75, 3.05) is 12.3 Å². The average molecular weight is 579 g/mol. The molecule has 0 radical (unpaired) electrons. The third-order valence-electron chi connectivity index (χ3n) is 6.34. The maximum atomic E-state index is 13.9. The molecule has 2 aromatic heterocycles. The Morgan fingerprint density at radius 2 is 1.77 bits per heavy atom. The molecule has 0 aliphatic carbocycles. The van der Waals surface area contributed by atoms with Crippen molar-refractivity contribution in [3.63, 3.8) is 0 Å². The van der Waals surface area contributed by atoms with Gasteiger partial charge in [-0.2, -0.15) is 26.3 Å². The second-order valence-corrected chi connectivity index (χ2v) is 9.17. The van der Waals surface area contributed by atoms with Gasteiger partial charge in [0.2, 0.25) is 5.60 Å². The molecule has 0 fully saturated rings. The molecule has 0 saturated carbocycles. The van der Waals surface area contributed by atoms with Gasteiger partial charge >= 0.3 is 12.4 Å². The van der Waals surface area contributed by atoms with Crippen molar-refractivity contribution in [1.82, 2.24) is 20.1 Å². The van der Waals surface area contributed by atoms with Gasteiger partial charge in [-0.25, -0.2) is 13.8 Å². The Morgan fingerprint density at radius 1 is 1.05 bits per heavy atom. The molecule has 3 N–H and O–H groups in total. The van der Waals surface area contributed by atoms with E-state index in [0.717, 1.165) is 17.0 Å². The molecule has 0 unspecified atom stereocenters. The van der Waals surface area contributed by atoms with Crippen molar-refractivity contribution in [2.45, 2.75) is 56.6 Å². The first-order chi connectivity index (χ1) is 18.6. The number of rotatable bonds is 3. The maximum Gasteiger partial charge on any atom is 0.426 e. The van der Waals surface area contributed by atoms with Crippen LogP contribution < -0.4 is 5.73 Å². The summed E-state index contributed by atoms with van der Waals surface area (Å²) in [4.78, 5) is 18.1. The summed E-state index contributed by atoms with van der Waals surface area (Å²) in [6, 6.07) is 5.25. The number of alkyl halides is 8. The van der Waals surface area contributed by atoms with Crippen LogP contribution in [0.3, 0.4) is 0 Å². The predicted molar refractivity (Wildman–Crippen MR) is 122 cm³/mol. The normalized spacial score (nSPS) is 19.1. The molecule has 1 aromatic carbocycles. The van der Waals surface area contributed by atoms with Crippen molar-refractivity contribution in [3.05, 3.63) is 58.6 Å². The number of fused-ring (bicyclic) bond motifs is 5. The molecule has 4 bridgehead atoms. The SMILES string of the molecule is Nc1cc(C(F)(F)F)c2nc1-c1nnc(o1)[C@@](O)(C(F)(F)F)CCCCCN(Cc1cccc(C(F)F)c1)C2=O. The smallest absolute Gasteiger partial charge is 0.416 e. The molecular weight excluding hydrogens is 558 g/mol. The van der Waals surface area contributed by atoms with E-state index in [2.05, 4.69) is 15.2 Å². The van der Waals surface area contributed by atoms with E-state index in [1.165, 1.54) is 12.1 Å². The number of anilines is 1. The third-order valence-corrected chi connectivity index (χ3v) is 6.34. The highest BCUT2D eigenvalue weighted by Gasteiger charge is 2.58. The van der Waals surface area contributed by atoms with Crippen LogP contribution in [0.15, 0.2) is 34.7 Å². The molecule has 4 rings (SSSR count). The van der Waals surface area contributed by atoms with E-state index >= 15 is 0 Å². The number of nitrogens with two attached hydrogens (primary N) is 1. The molecule has 3 aromatic rings. The molecule has 0 spiro atoms. The van der Waals surface area contributed by atoms with Crippen LogP contribution in [0.5, 0.6) is 0 Å². The van der Waals surface area contributed by atoms with Crippen LogP contribution in [0.25, 0.3) is 11.6 Å². The van der Waals surface area contributed by atoms with Gasteiger partial charge in [0.1, 0.15) is 5.69 Å². The Labute approximate surface area is 220 Å². The second-order valence-electron chi connectivity index (χ2n) is 9.17. The van der Waals surface area contributed by atoms with Crippen LogP contribution in [0.2, 0.25) is 0 Å². The lowest BCUT2D eigenvalue weighted by Gasteiger charge is -2.28. The van der Waals surface area contributed by atoms with Crippen molar-refractivity contribution in [1.29, 1.82) is 0 Å². The Bertz CT molecular complexity index is 1390. The number of nitrogen functional groups attached to an aromatic ring is 1. The maximum absolute atomic E-state index is 13.9. The number of nitrogens with zero attached hydrogens (tertiary/aromatic N) is 4. The van der Waals surface area contributed by atoms with E-state index < -0.39 is 77.7 Å². The second kappa shape index (κ2) is 10.6.